The molecule has 1 N–H and O–H groups in total. The number of furan rings is 1. The van der Waals surface area contributed by atoms with Crippen LogP contribution in [0, 0.1) is 6.92 Å². The second kappa shape index (κ2) is 8.00. The fourth-order valence-electron chi connectivity index (χ4n) is 2.92. The number of methoxy groups -OCH3 is 2. The summed E-state index contributed by atoms with van der Waals surface area (Å²) in [6.07, 6.45) is 3.20. The van der Waals surface area contributed by atoms with Crippen LogP contribution in [-0.4, -0.2) is 26.1 Å². The number of rotatable bonds is 5. The Labute approximate surface area is 162 Å². The maximum atomic E-state index is 12.4. The Balaban J connectivity index is 1.82. The molecule has 0 atom stereocenters. The number of aryl methyl sites for hydroxylation is 1. The molecule has 2 aromatic carbocycles. The van der Waals surface area contributed by atoms with Gasteiger partial charge in [0.15, 0.2) is 0 Å². The van der Waals surface area contributed by atoms with Gasteiger partial charge in [-0.3, -0.25) is 4.79 Å². The van der Waals surface area contributed by atoms with E-state index >= 15 is 0 Å². The molecule has 0 saturated heterocycles. The number of carbonyl (C=O) groups excluding carboxylic acids is 2. The van der Waals surface area contributed by atoms with Gasteiger partial charge in [0.25, 0.3) is 0 Å². The summed E-state index contributed by atoms with van der Waals surface area (Å²) in [7, 11) is 2.90. The highest BCUT2D eigenvalue weighted by molar-refractivity contribution is 6.05. The van der Waals surface area contributed by atoms with Crippen LogP contribution < -0.4 is 10.1 Å². The zero-order valence-corrected chi connectivity index (χ0v) is 16.2. The molecule has 0 aliphatic carbocycles. The highest BCUT2D eigenvalue weighted by atomic mass is 16.5. The fraction of sp³-hybridized carbons (Fsp3) is 0.182. The van der Waals surface area contributed by atoms with Crippen molar-refractivity contribution in [1.82, 2.24) is 0 Å². The molecule has 0 saturated carbocycles. The normalized spacial score (nSPS) is 11.4. The van der Waals surface area contributed by atoms with E-state index in [1.54, 1.807) is 37.6 Å². The summed E-state index contributed by atoms with van der Waals surface area (Å²) in [5, 5.41) is 3.76. The van der Waals surface area contributed by atoms with Gasteiger partial charge >= 0.3 is 5.97 Å². The minimum Gasteiger partial charge on any atom is -0.496 e. The summed E-state index contributed by atoms with van der Waals surface area (Å²) in [6.45, 7) is 3.81. The SMILES string of the molecule is COC(=O)c1ccc(NC(=O)/C=C(\C)c2cc3c(C)coc3cc2OC)cc1. The first kappa shape index (κ1) is 19.2. The number of benzene rings is 2. The van der Waals surface area contributed by atoms with Crippen LogP contribution in [0.15, 0.2) is 53.2 Å². The molecule has 0 unspecified atom stereocenters. The summed E-state index contributed by atoms with van der Waals surface area (Å²) in [4.78, 5) is 23.9. The third kappa shape index (κ3) is 3.91. The zero-order valence-electron chi connectivity index (χ0n) is 16.2. The van der Waals surface area contributed by atoms with E-state index in [1.165, 1.54) is 13.2 Å². The number of anilines is 1. The Bertz CT molecular complexity index is 1060. The lowest BCUT2D eigenvalue weighted by Gasteiger charge is -2.10. The number of allylic oxidation sites excluding steroid dienone is 1. The molecule has 144 valence electrons. The molecule has 0 fully saturated rings. The van der Waals surface area contributed by atoms with E-state index in [0.29, 0.717) is 17.0 Å². The van der Waals surface area contributed by atoms with Crippen molar-refractivity contribution >= 4 is 34.1 Å². The van der Waals surface area contributed by atoms with E-state index in [2.05, 4.69) is 10.1 Å². The molecule has 1 heterocycles. The lowest BCUT2D eigenvalue weighted by molar-refractivity contribution is -0.111. The number of nitrogens with one attached hydrogen (secondary N) is 1. The van der Waals surface area contributed by atoms with E-state index in [4.69, 9.17) is 9.15 Å². The molecule has 1 aromatic heterocycles. The van der Waals surface area contributed by atoms with Crippen molar-refractivity contribution in [3.05, 3.63) is 65.4 Å². The zero-order chi connectivity index (χ0) is 20.3. The highest BCUT2D eigenvalue weighted by Crippen LogP contribution is 2.33. The standard InChI is InChI=1S/C22H21NO5/c1-13(17-10-18-14(2)12-28-20(18)11-19(17)26-3)9-21(24)23-16-7-5-15(6-8-16)22(25)27-4/h5-12H,1-4H3,(H,23,24)/b13-9+. The Morgan fingerprint density at radius 3 is 2.46 bits per heavy atom. The van der Waals surface area contributed by atoms with Gasteiger partial charge in [-0.2, -0.15) is 0 Å². The number of ether oxygens (including phenoxy) is 2. The number of fused-ring (bicyclic) bond motifs is 1. The number of carbonyl (C=O) groups is 2. The average Bonchev–Trinajstić information content (AvgIpc) is 3.06. The van der Waals surface area contributed by atoms with Crippen molar-refractivity contribution < 1.29 is 23.5 Å². The van der Waals surface area contributed by atoms with Crippen molar-refractivity contribution in [1.29, 1.82) is 0 Å². The van der Waals surface area contributed by atoms with Gasteiger partial charge in [0.1, 0.15) is 11.3 Å². The molecule has 3 aromatic rings. The number of amides is 1. The Hall–Kier alpha value is -3.54. The summed E-state index contributed by atoms with van der Waals surface area (Å²) >= 11 is 0. The molecule has 1 amide bonds. The Kier molecular flexibility index (Phi) is 5.49. The van der Waals surface area contributed by atoms with Crippen molar-refractivity contribution in [3.63, 3.8) is 0 Å². The maximum absolute atomic E-state index is 12.4. The van der Waals surface area contributed by atoms with Crippen LogP contribution in [0.5, 0.6) is 5.75 Å². The molecular formula is C22H21NO5. The van der Waals surface area contributed by atoms with Gasteiger partial charge in [0.05, 0.1) is 26.0 Å². The monoisotopic (exact) mass is 379 g/mol. The molecule has 0 bridgehead atoms. The van der Waals surface area contributed by atoms with Crippen molar-refractivity contribution in [2.75, 3.05) is 19.5 Å². The van der Waals surface area contributed by atoms with Gasteiger partial charge in [-0.1, -0.05) is 0 Å². The predicted octanol–water partition coefficient (Wildman–Crippen LogP) is 4.58. The van der Waals surface area contributed by atoms with E-state index in [9.17, 15) is 9.59 Å². The summed E-state index contributed by atoms with van der Waals surface area (Å²) in [5.74, 6) is -0.0779. The molecule has 28 heavy (non-hydrogen) atoms. The van der Waals surface area contributed by atoms with Crippen LogP contribution >= 0.6 is 0 Å². The van der Waals surface area contributed by atoms with Gasteiger partial charge in [0.2, 0.25) is 5.91 Å². The molecule has 0 radical (unpaired) electrons. The number of hydrogen-bond donors (Lipinski definition) is 1. The molecule has 0 spiro atoms. The van der Waals surface area contributed by atoms with Gasteiger partial charge in [-0.05, 0) is 55.3 Å². The van der Waals surface area contributed by atoms with E-state index in [1.807, 2.05) is 26.0 Å². The van der Waals surface area contributed by atoms with Crippen molar-refractivity contribution in [3.8, 4) is 5.75 Å². The molecule has 6 heteroatoms. The number of hydrogen-bond acceptors (Lipinski definition) is 5. The second-order valence-corrected chi connectivity index (χ2v) is 6.35. The van der Waals surface area contributed by atoms with Gasteiger partial charge in [0, 0.05) is 28.8 Å². The Morgan fingerprint density at radius 1 is 1.11 bits per heavy atom. The average molecular weight is 379 g/mol. The third-order valence-corrected chi connectivity index (χ3v) is 4.44. The van der Waals surface area contributed by atoms with E-state index in [0.717, 1.165) is 27.7 Å². The molecule has 3 rings (SSSR count). The van der Waals surface area contributed by atoms with Gasteiger partial charge in [-0.15, -0.1) is 0 Å². The largest absolute Gasteiger partial charge is 0.496 e. The molecule has 0 aliphatic heterocycles. The van der Waals surface area contributed by atoms with Crippen LogP contribution in [0.3, 0.4) is 0 Å². The van der Waals surface area contributed by atoms with Crippen molar-refractivity contribution in [2.24, 2.45) is 0 Å². The topological polar surface area (TPSA) is 77.8 Å². The van der Waals surface area contributed by atoms with Crippen LogP contribution in [0.4, 0.5) is 5.69 Å². The van der Waals surface area contributed by atoms with Gasteiger partial charge in [-0.25, -0.2) is 4.79 Å². The van der Waals surface area contributed by atoms with Gasteiger partial charge < -0.3 is 19.2 Å². The molecular weight excluding hydrogens is 358 g/mol. The van der Waals surface area contributed by atoms with E-state index in [-0.39, 0.29) is 5.91 Å². The lowest BCUT2D eigenvalue weighted by Crippen LogP contribution is -2.09. The highest BCUT2D eigenvalue weighted by Gasteiger charge is 2.12. The Morgan fingerprint density at radius 2 is 1.82 bits per heavy atom. The first-order valence-corrected chi connectivity index (χ1v) is 8.66. The summed E-state index contributed by atoms with van der Waals surface area (Å²) in [5.41, 5.74) is 4.32. The lowest BCUT2D eigenvalue weighted by atomic mass is 10.0. The summed E-state index contributed by atoms with van der Waals surface area (Å²) < 4.78 is 15.6. The van der Waals surface area contributed by atoms with Crippen molar-refractivity contribution in [2.45, 2.75) is 13.8 Å². The minimum atomic E-state index is -0.425. The van der Waals surface area contributed by atoms with Crippen LogP contribution in [0.25, 0.3) is 16.5 Å². The predicted molar refractivity (Wildman–Crippen MR) is 108 cm³/mol. The smallest absolute Gasteiger partial charge is 0.337 e. The summed E-state index contributed by atoms with van der Waals surface area (Å²) in [6, 6.07) is 10.3. The van der Waals surface area contributed by atoms with Crippen LogP contribution in [0.2, 0.25) is 0 Å². The molecule has 6 nitrogen and oxygen atoms in total. The van der Waals surface area contributed by atoms with Crippen LogP contribution in [0.1, 0.15) is 28.4 Å². The minimum absolute atomic E-state index is 0.283. The van der Waals surface area contributed by atoms with E-state index < -0.39 is 5.97 Å². The number of esters is 1. The maximum Gasteiger partial charge on any atom is 0.337 e. The third-order valence-electron chi connectivity index (χ3n) is 4.44. The quantitative estimate of drug-likeness (QED) is 0.519. The second-order valence-electron chi connectivity index (χ2n) is 6.35. The molecule has 0 aliphatic rings. The first-order chi connectivity index (χ1) is 13.4. The van der Waals surface area contributed by atoms with Crippen LogP contribution in [-0.2, 0) is 9.53 Å². The fourth-order valence-corrected chi connectivity index (χ4v) is 2.92. The first-order valence-electron chi connectivity index (χ1n) is 8.66.